The monoisotopic (exact) mass is 368 g/mol. The first kappa shape index (κ1) is 18.3. The van der Waals surface area contributed by atoms with Crippen molar-refractivity contribution in [3.8, 4) is 0 Å². The fourth-order valence-electron chi connectivity index (χ4n) is 2.02. The van der Waals surface area contributed by atoms with Crippen LogP contribution in [0.2, 0.25) is 5.02 Å². The Morgan fingerprint density at radius 1 is 1.54 bits per heavy atom. The van der Waals surface area contributed by atoms with Gasteiger partial charge in [-0.1, -0.05) is 11.6 Å². The quantitative estimate of drug-likeness (QED) is 0.623. The van der Waals surface area contributed by atoms with Crippen molar-refractivity contribution in [2.45, 2.75) is 26.4 Å². The number of thiazole rings is 1. The van der Waals surface area contributed by atoms with Crippen molar-refractivity contribution in [2.75, 3.05) is 12.4 Å². The molecule has 128 valence electrons. The molecule has 1 aromatic heterocycles. The number of nitrogens with one attached hydrogen (secondary N) is 1. The first-order valence-corrected chi connectivity index (χ1v) is 8.33. The second-order valence-corrected chi connectivity index (χ2v) is 7.07. The molecule has 0 saturated carbocycles. The highest BCUT2D eigenvalue weighted by molar-refractivity contribution is 7.11. The standard InChI is InChI=1S/C15H17ClN4O3S/c1-9(19(3)8-12-7-17-10(2)24-12)15(21)18-14-6-11(20(22)23)4-5-13(14)16/h4-7,9H,8H2,1-3H3,(H,18,21). The number of hydrogen-bond acceptors (Lipinski definition) is 6. The van der Waals surface area contributed by atoms with Crippen LogP contribution in [0.15, 0.2) is 24.4 Å². The SMILES string of the molecule is Cc1ncc(CN(C)C(C)C(=O)Nc2cc([N+](=O)[O-])ccc2Cl)s1. The molecule has 7 nitrogen and oxygen atoms in total. The highest BCUT2D eigenvalue weighted by Crippen LogP contribution is 2.27. The van der Waals surface area contributed by atoms with Crippen molar-refractivity contribution in [1.29, 1.82) is 0 Å². The smallest absolute Gasteiger partial charge is 0.271 e. The van der Waals surface area contributed by atoms with Crippen LogP contribution in [0.1, 0.15) is 16.8 Å². The van der Waals surface area contributed by atoms with E-state index in [1.165, 1.54) is 18.2 Å². The predicted molar refractivity (Wildman–Crippen MR) is 94.5 cm³/mol. The zero-order valence-electron chi connectivity index (χ0n) is 13.4. The van der Waals surface area contributed by atoms with Crippen LogP contribution in [0.3, 0.4) is 0 Å². The average Bonchev–Trinajstić information content (AvgIpc) is 2.93. The second kappa shape index (κ2) is 7.69. The van der Waals surface area contributed by atoms with Crippen LogP contribution in [0.25, 0.3) is 0 Å². The van der Waals surface area contributed by atoms with Gasteiger partial charge in [0.25, 0.3) is 5.69 Å². The number of rotatable bonds is 6. The highest BCUT2D eigenvalue weighted by Gasteiger charge is 2.20. The maximum Gasteiger partial charge on any atom is 0.271 e. The lowest BCUT2D eigenvalue weighted by atomic mass is 10.2. The number of halogens is 1. The molecule has 1 unspecified atom stereocenters. The van der Waals surface area contributed by atoms with E-state index in [-0.39, 0.29) is 22.3 Å². The summed E-state index contributed by atoms with van der Waals surface area (Å²) >= 11 is 7.58. The van der Waals surface area contributed by atoms with E-state index >= 15 is 0 Å². The first-order chi connectivity index (χ1) is 11.3. The van der Waals surface area contributed by atoms with E-state index in [2.05, 4.69) is 10.3 Å². The number of nitrogens with zero attached hydrogens (tertiary/aromatic N) is 3. The maximum atomic E-state index is 12.4. The van der Waals surface area contributed by atoms with Crippen LogP contribution < -0.4 is 5.32 Å². The summed E-state index contributed by atoms with van der Waals surface area (Å²) in [7, 11) is 1.83. The minimum atomic E-state index is -0.534. The Kier molecular flexibility index (Phi) is 5.87. The van der Waals surface area contributed by atoms with Crippen molar-refractivity contribution in [1.82, 2.24) is 9.88 Å². The number of amides is 1. The van der Waals surface area contributed by atoms with Crippen LogP contribution in [-0.2, 0) is 11.3 Å². The normalized spacial score (nSPS) is 12.2. The van der Waals surface area contributed by atoms with Gasteiger partial charge in [-0.3, -0.25) is 19.8 Å². The molecule has 2 aromatic rings. The first-order valence-electron chi connectivity index (χ1n) is 7.14. The number of aryl methyl sites for hydroxylation is 1. The summed E-state index contributed by atoms with van der Waals surface area (Å²) in [5.41, 5.74) is 0.0978. The Morgan fingerprint density at radius 3 is 2.83 bits per heavy atom. The molecule has 0 radical (unpaired) electrons. The Morgan fingerprint density at radius 2 is 2.25 bits per heavy atom. The van der Waals surface area contributed by atoms with E-state index in [0.717, 1.165) is 9.88 Å². The molecule has 0 bridgehead atoms. The van der Waals surface area contributed by atoms with Gasteiger partial charge in [-0.05, 0) is 27.0 Å². The average molecular weight is 369 g/mol. The largest absolute Gasteiger partial charge is 0.323 e. The van der Waals surface area contributed by atoms with Crippen LogP contribution in [0.4, 0.5) is 11.4 Å². The number of carbonyl (C=O) groups is 1. The van der Waals surface area contributed by atoms with E-state index in [9.17, 15) is 14.9 Å². The fourth-order valence-corrected chi connectivity index (χ4v) is 3.04. The van der Waals surface area contributed by atoms with E-state index in [1.807, 2.05) is 18.9 Å². The van der Waals surface area contributed by atoms with E-state index in [4.69, 9.17) is 11.6 Å². The number of nitro benzene ring substituents is 1. The lowest BCUT2D eigenvalue weighted by Crippen LogP contribution is -2.39. The Balaban J connectivity index is 2.05. The number of aromatic nitrogens is 1. The lowest BCUT2D eigenvalue weighted by Gasteiger charge is -2.23. The van der Waals surface area contributed by atoms with Crippen molar-refractivity contribution in [3.63, 3.8) is 0 Å². The number of nitro groups is 1. The number of carbonyl (C=O) groups excluding carboxylic acids is 1. The molecular formula is C15H17ClN4O3S. The Labute approximate surface area is 148 Å². The Bertz CT molecular complexity index is 765. The lowest BCUT2D eigenvalue weighted by molar-refractivity contribution is -0.384. The number of anilines is 1. The third-order valence-electron chi connectivity index (χ3n) is 3.53. The summed E-state index contributed by atoms with van der Waals surface area (Å²) < 4.78 is 0. The number of likely N-dealkylation sites (N-methyl/N-ethyl adjacent to an activating group) is 1. The van der Waals surface area contributed by atoms with Gasteiger partial charge in [0.2, 0.25) is 5.91 Å². The van der Waals surface area contributed by atoms with Crippen LogP contribution >= 0.6 is 22.9 Å². The van der Waals surface area contributed by atoms with E-state index in [0.29, 0.717) is 6.54 Å². The summed E-state index contributed by atoms with van der Waals surface area (Å²) in [6, 6.07) is 3.49. The third-order valence-corrected chi connectivity index (χ3v) is 4.76. The zero-order valence-corrected chi connectivity index (χ0v) is 15.0. The number of benzene rings is 1. The molecule has 0 aliphatic carbocycles. The van der Waals surface area contributed by atoms with Crippen molar-refractivity contribution in [3.05, 3.63) is 49.4 Å². The highest BCUT2D eigenvalue weighted by atomic mass is 35.5. The molecule has 1 heterocycles. The maximum absolute atomic E-state index is 12.4. The van der Waals surface area contributed by atoms with E-state index < -0.39 is 11.0 Å². The molecule has 0 spiro atoms. The minimum Gasteiger partial charge on any atom is -0.323 e. The molecule has 9 heteroatoms. The van der Waals surface area contributed by atoms with Gasteiger partial charge in [0.15, 0.2) is 0 Å². The van der Waals surface area contributed by atoms with Crippen LogP contribution in [-0.4, -0.2) is 33.8 Å². The molecular weight excluding hydrogens is 352 g/mol. The van der Waals surface area contributed by atoms with E-state index in [1.54, 1.807) is 24.5 Å². The predicted octanol–water partition coefficient (Wildman–Crippen LogP) is 3.47. The van der Waals surface area contributed by atoms with Crippen molar-refractivity contribution >= 4 is 40.2 Å². The van der Waals surface area contributed by atoms with Crippen LogP contribution in [0, 0.1) is 17.0 Å². The fraction of sp³-hybridized carbons (Fsp3) is 0.333. The molecule has 1 N–H and O–H groups in total. The summed E-state index contributed by atoms with van der Waals surface area (Å²) in [6.45, 7) is 4.27. The minimum absolute atomic E-state index is 0.129. The zero-order chi connectivity index (χ0) is 17.9. The molecule has 0 saturated heterocycles. The van der Waals surface area contributed by atoms with Crippen LogP contribution in [0.5, 0.6) is 0 Å². The molecule has 0 aliphatic rings. The van der Waals surface area contributed by atoms with Gasteiger partial charge in [-0.2, -0.15) is 0 Å². The number of hydrogen-bond donors (Lipinski definition) is 1. The molecule has 24 heavy (non-hydrogen) atoms. The second-order valence-electron chi connectivity index (χ2n) is 5.35. The molecule has 1 amide bonds. The summed E-state index contributed by atoms with van der Waals surface area (Å²) in [5, 5.41) is 14.7. The van der Waals surface area contributed by atoms with Gasteiger partial charge >= 0.3 is 0 Å². The molecule has 0 aliphatic heterocycles. The number of non-ortho nitro benzene ring substituents is 1. The van der Waals surface area contributed by atoms with Gasteiger partial charge in [0, 0.05) is 29.8 Å². The summed E-state index contributed by atoms with van der Waals surface area (Å²) in [5.74, 6) is -0.291. The van der Waals surface area contributed by atoms with Gasteiger partial charge in [0.1, 0.15) is 0 Å². The van der Waals surface area contributed by atoms with Gasteiger partial charge in [-0.15, -0.1) is 11.3 Å². The van der Waals surface area contributed by atoms with Gasteiger partial charge in [-0.25, -0.2) is 4.98 Å². The molecule has 2 rings (SSSR count). The Hall–Kier alpha value is -2.03. The van der Waals surface area contributed by atoms with Crippen molar-refractivity contribution in [2.24, 2.45) is 0 Å². The van der Waals surface area contributed by atoms with Gasteiger partial charge < -0.3 is 5.32 Å². The molecule has 1 atom stereocenters. The molecule has 1 aromatic carbocycles. The topological polar surface area (TPSA) is 88.4 Å². The third kappa shape index (κ3) is 4.50. The summed E-state index contributed by atoms with van der Waals surface area (Å²) in [6.07, 6.45) is 1.79. The summed E-state index contributed by atoms with van der Waals surface area (Å²) in [4.78, 5) is 29.8. The van der Waals surface area contributed by atoms with Crippen molar-refractivity contribution < 1.29 is 9.72 Å². The molecule has 0 fully saturated rings. The van der Waals surface area contributed by atoms with Gasteiger partial charge in [0.05, 0.1) is 26.7 Å².